The van der Waals surface area contributed by atoms with E-state index in [0.29, 0.717) is 25.8 Å². The van der Waals surface area contributed by atoms with Crippen LogP contribution in [0.1, 0.15) is 16.5 Å². The smallest absolute Gasteiger partial charge is 0.369 e. The van der Waals surface area contributed by atoms with Crippen molar-refractivity contribution < 1.29 is 22.8 Å². The van der Waals surface area contributed by atoms with Gasteiger partial charge in [0.05, 0.1) is 22.1 Å². The van der Waals surface area contributed by atoms with Crippen LogP contribution in [0.4, 0.5) is 24.5 Å². The van der Waals surface area contributed by atoms with E-state index in [4.69, 9.17) is 16.3 Å². The fraction of sp³-hybridized carbons (Fsp3) is 0.333. The first-order valence-corrected chi connectivity index (χ1v) is 8.48. The molecule has 2 aromatic rings. The maximum Gasteiger partial charge on any atom is 0.418 e. The summed E-state index contributed by atoms with van der Waals surface area (Å²) in [5.41, 5.74) is -1.77. The van der Waals surface area contributed by atoms with Crippen LogP contribution >= 0.6 is 22.9 Å². The van der Waals surface area contributed by atoms with Crippen LogP contribution in [0.2, 0.25) is 5.02 Å². The van der Waals surface area contributed by atoms with Crippen molar-refractivity contribution in [3.8, 4) is 0 Å². The number of benzene rings is 1. The first kappa shape index (κ1) is 18.0. The molecule has 0 radical (unpaired) electrons. The number of halogens is 4. The van der Waals surface area contributed by atoms with E-state index in [-0.39, 0.29) is 11.8 Å². The Morgan fingerprint density at radius 2 is 2.16 bits per heavy atom. The molecule has 3 rings (SSSR count). The van der Waals surface area contributed by atoms with E-state index < -0.39 is 27.4 Å². The highest BCUT2D eigenvalue weighted by molar-refractivity contribution is 7.10. The van der Waals surface area contributed by atoms with Gasteiger partial charge in [0.15, 0.2) is 0 Å². The van der Waals surface area contributed by atoms with E-state index >= 15 is 0 Å². The molecular formula is C15H12ClF3N2O3S. The largest absolute Gasteiger partial charge is 0.418 e. The second kappa shape index (κ2) is 6.81. The van der Waals surface area contributed by atoms with Crippen LogP contribution in [0, 0.1) is 10.1 Å². The Kier molecular flexibility index (Phi) is 4.90. The average Bonchev–Trinajstić information content (AvgIpc) is 3.07. The molecule has 0 amide bonds. The fourth-order valence-electron chi connectivity index (χ4n) is 2.68. The van der Waals surface area contributed by atoms with Crippen molar-refractivity contribution in [3.63, 3.8) is 0 Å². The number of alkyl halides is 3. The second-order valence-corrected chi connectivity index (χ2v) is 6.78. The zero-order chi connectivity index (χ0) is 18.2. The SMILES string of the molecule is O=[N+]([O-])c1cc(C(F)(F)F)c(Cl)cc1N1CCOC(c2cccs2)C1. The highest BCUT2D eigenvalue weighted by atomic mass is 35.5. The Morgan fingerprint density at radius 3 is 2.76 bits per heavy atom. The first-order chi connectivity index (χ1) is 11.8. The maximum atomic E-state index is 13.0. The lowest BCUT2D eigenvalue weighted by molar-refractivity contribution is -0.384. The van der Waals surface area contributed by atoms with Crippen LogP contribution in [0.25, 0.3) is 0 Å². The van der Waals surface area contributed by atoms with Gasteiger partial charge >= 0.3 is 6.18 Å². The molecule has 0 spiro atoms. The third-order valence-electron chi connectivity index (χ3n) is 3.83. The molecule has 0 bridgehead atoms. The summed E-state index contributed by atoms with van der Waals surface area (Å²) in [6, 6.07) is 5.25. The number of ether oxygens (including phenoxy) is 1. The summed E-state index contributed by atoms with van der Waals surface area (Å²) in [6.07, 6.45) is -5.06. The predicted octanol–water partition coefficient (Wildman–Crippen LogP) is 4.91. The van der Waals surface area contributed by atoms with E-state index in [1.807, 2.05) is 17.5 Å². The summed E-state index contributed by atoms with van der Waals surface area (Å²) in [6.45, 7) is 0.922. The molecule has 1 aromatic carbocycles. The Morgan fingerprint density at radius 1 is 1.40 bits per heavy atom. The van der Waals surface area contributed by atoms with Gasteiger partial charge in [0.25, 0.3) is 5.69 Å². The van der Waals surface area contributed by atoms with Crippen molar-refractivity contribution in [3.05, 3.63) is 55.2 Å². The summed E-state index contributed by atoms with van der Waals surface area (Å²) < 4.78 is 44.6. The average molecular weight is 393 g/mol. The van der Waals surface area contributed by atoms with Gasteiger partial charge in [0.1, 0.15) is 11.8 Å². The minimum Gasteiger partial charge on any atom is -0.369 e. The minimum absolute atomic E-state index is 0.0628. The Labute approximate surface area is 149 Å². The summed E-state index contributed by atoms with van der Waals surface area (Å²) >= 11 is 7.23. The standard InChI is InChI=1S/C15H12ClF3N2O3S/c16-10-7-11(12(21(22)23)6-9(10)15(17,18)19)20-3-4-24-13(8-20)14-2-1-5-25-14/h1-2,5-7,13H,3-4,8H2. The molecule has 0 N–H and O–H groups in total. The van der Waals surface area contributed by atoms with Gasteiger partial charge in [0.2, 0.25) is 0 Å². The third-order valence-corrected chi connectivity index (χ3v) is 5.11. The lowest BCUT2D eigenvalue weighted by atomic mass is 10.1. The second-order valence-electron chi connectivity index (χ2n) is 5.40. The lowest BCUT2D eigenvalue weighted by Crippen LogP contribution is -2.38. The first-order valence-electron chi connectivity index (χ1n) is 7.22. The zero-order valence-corrected chi connectivity index (χ0v) is 14.2. The van der Waals surface area contributed by atoms with E-state index in [1.165, 1.54) is 11.3 Å². The highest BCUT2D eigenvalue weighted by Crippen LogP contribution is 2.42. The van der Waals surface area contributed by atoms with Crippen LogP contribution in [0.3, 0.4) is 0 Å². The Hall–Kier alpha value is -1.84. The van der Waals surface area contributed by atoms with E-state index in [1.54, 1.807) is 4.90 Å². The molecule has 1 fully saturated rings. The Bertz CT molecular complexity index is 783. The predicted molar refractivity (Wildman–Crippen MR) is 88.3 cm³/mol. The Balaban J connectivity index is 1.98. The monoisotopic (exact) mass is 392 g/mol. The highest BCUT2D eigenvalue weighted by Gasteiger charge is 2.37. The van der Waals surface area contributed by atoms with Gasteiger partial charge in [-0.1, -0.05) is 17.7 Å². The van der Waals surface area contributed by atoms with Crippen molar-refractivity contribution in [2.24, 2.45) is 0 Å². The molecule has 1 aromatic heterocycles. The number of nitro benzene ring substituents is 1. The van der Waals surface area contributed by atoms with Crippen LogP contribution in [0.5, 0.6) is 0 Å². The number of anilines is 1. The molecule has 134 valence electrons. The maximum absolute atomic E-state index is 13.0. The van der Waals surface area contributed by atoms with Gasteiger partial charge in [-0.05, 0) is 17.5 Å². The molecule has 1 unspecified atom stereocenters. The van der Waals surface area contributed by atoms with Crippen LogP contribution in [0.15, 0.2) is 29.6 Å². The number of thiophene rings is 1. The number of rotatable bonds is 3. The van der Waals surface area contributed by atoms with E-state index in [2.05, 4.69) is 0 Å². The number of hydrogen-bond acceptors (Lipinski definition) is 5. The van der Waals surface area contributed by atoms with Gasteiger partial charge in [-0.2, -0.15) is 13.2 Å². The number of nitrogens with zero attached hydrogens (tertiary/aromatic N) is 2. The topological polar surface area (TPSA) is 55.6 Å². The normalized spacial score (nSPS) is 18.4. The van der Waals surface area contributed by atoms with Crippen molar-refractivity contribution >= 4 is 34.3 Å². The number of hydrogen-bond donors (Lipinski definition) is 0. The van der Waals surface area contributed by atoms with Gasteiger partial charge in [-0.15, -0.1) is 11.3 Å². The molecule has 0 saturated carbocycles. The van der Waals surface area contributed by atoms with Gasteiger partial charge < -0.3 is 9.64 Å². The molecule has 5 nitrogen and oxygen atoms in total. The quantitative estimate of drug-likeness (QED) is 0.550. The molecule has 1 aliphatic rings. The number of nitro groups is 1. The summed E-state index contributed by atoms with van der Waals surface area (Å²) in [5, 5.41) is 12.6. The van der Waals surface area contributed by atoms with Crippen LogP contribution in [-0.4, -0.2) is 24.6 Å². The molecule has 1 aliphatic heterocycles. The van der Waals surface area contributed by atoms with Crippen molar-refractivity contribution in [2.75, 3.05) is 24.6 Å². The zero-order valence-electron chi connectivity index (χ0n) is 12.6. The molecule has 0 aliphatic carbocycles. The lowest BCUT2D eigenvalue weighted by Gasteiger charge is -2.34. The van der Waals surface area contributed by atoms with Gasteiger partial charge in [0, 0.05) is 24.0 Å². The van der Waals surface area contributed by atoms with E-state index in [9.17, 15) is 23.3 Å². The summed E-state index contributed by atoms with van der Waals surface area (Å²) in [4.78, 5) is 13.1. The van der Waals surface area contributed by atoms with Crippen molar-refractivity contribution in [1.82, 2.24) is 0 Å². The molecule has 1 saturated heterocycles. The fourth-order valence-corrected chi connectivity index (χ4v) is 3.71. The molecule has 10 heteroatoms. The summed E-state index contributed by atoms with van der Waals surface area (Å²) in [5.74, 6) is 0. The van der Waals surface area contributed by atoms with Crippen LogP contribution < -0.4 is 4.90 Å². The van der Waals surface area contributed by atoms with Crippen LogP contribution in [-0.2, 0) is 10.9 Å². The van der Waals surface area contributed by atoms with Crippen molar-refractivity contribution in [1.29, 1.82) is 0 Å². The molecule has 1 atom stereocenters. The van der Waals surface area contributed by atoms with E-state index in [0.717, 1.165) is 10.9 Å². The van der Waals surface area contributed by atoms with Gasteiger partial charge in [-0.3, -0.25) is 10.1 Å². The number of morpholine rings is 1. The molecule has 2 heterocycles. The molecule has 25 heavy (non-hydrogen) atoms. The third kappa shape index (κ3) is 3.73. The molecular weight excluding hydrogens is 381 g/mol. The minimum atomic E-state index is -4.76. The summed E-state index contributed by atoms with van der Waals surface area (Å²) in [7, 11) is 0. The van der Waals surface area contributed by atoms with Crippen molar-refractivity contribution in [2.45, 2.75) is 12.3 Å². The van der Waals surface area contributed by atoms with Gasteiger partial charge in [-0.25, -0.2) is 0 Å².